The molecule has 0 bridgehead atoms. The summed E-state index contributed by atoms with van der Waals surface area (Å²) < 4.78 is 0. The molecular weight excluding hydrogens is 242 g/mol. The zero-order valence-corrected chi connectivity index (χ0v) is 10.4. The molecule has 0 heterocycles. The van der Waals surface area contributed by atoms with Crippen molar-refractivity contribution >= 4 is 17.5 Å². The lowest BCUT2D eigenvalue weighted by Gasteiger charge is -2.07. The minimum absolute atomic E-state index is 0.134. The number of halogens is 1. The van der Waals surface area contributed by atoms with Crippen molar-refractivity contribution in [2.45, 2.75) is 25.9 Å². The van der Waals surface area contributed by atoms with Gasteiger partial charge in [-0.15, -0.1) is 0 Å². The van der Waals surface area contributed by atoms with Gasteiger partial charge in [0.2, 0.25) is 0 Å². The number of aliphatic hydroxyl groups excluding tert-OH is 1. The maximum Gasteiger partial charge on any atom is 0.255 e. The van der Waals surface area contributed by atoms with Crippen LogP contribution in [0.15, 0.2) is 18.2 Å². The fraction of sp³-hybridized carbons (Fsp3) is 0.417. The van der Waals surface area contributed by atoms with Crippen LogP contribution in [0.2, 0.25) is 5.02 Å². The maximum atomic E-state index is 11.6. The molecule has 0 aliphatic rings. The predicted octanol–water partition coefficient (Wildman–Crippen LogP) is 1.94. The molecule has 3 N–H and O–H groups in total. The van der Waals surface area contributed by atoms with Crippen molar-refractivity contribution in [3.63, 3.8) is 0 Å². The molecule has 1 rings (SSSR count). The van der Waals surface area contributed by atoms with Crippen LogP contribution in [-0.2, 0) is 0 Å². The topological polar surface area (TPSA) is 69.6 Å². The summed E-state index contributed by atoms with van der Waals surface area (Å²) in [6.45, 7) is 2.17. The van der Waals surface area contributed by atoms with Gasteiger partial charge in [0.25, 0.3) is 5.91 Å². The van der Waals surface area contributed by atoms with Gasteiger partial charge in [0.15, 0.2) is 0 Å². The van der Waals surface area contributed by atoms with Crippen LogP contribution >= 0.6 is 11.6 Å². The maximum absolute atomic E-state index is 11.6. The number of aliphatic hydroxyl groups is 1. The Balaban J connectivity index is 2.47. The first-order valence-electron chi connectivity index (χ1n) is 5.45. The number of amides is 1. The number of aromatic hydroxyl groups is 1. The van der Waals surface area contributed by atoms with E-state index in [4.69, 9.17) is 16.7 Å². The Hall–Kier alpha value is -1.26. The van der Waals surface area contributed by atoms with Crippen LogP contribution in [0.25, 0.3) is 0 Å². The number of rotatable bonds is 5. The molecule has 5 heteroatoms. The third-order valence-corrected chi connectivity index (χ3v) is 2.52. The van der Waals surface area contributed by atoms with Crippen LogP contribution in [-0.4, -0.2) is 28.8 Å². The van der Waals surface area contributed by atoms with Gasteiger partial charge in [-0.05, 0) is 38.0 Å². The smallest absolute Gasteiger partial charge is 0.255 e. The molecule has 0 radical (unpaired) electrons. The summed E-state index contributed by atoms with van der Waals surface area (Å²) in [5.74, 6) is -0.477. The molecule has 0 saturated heterocycles. The molecule has 1 atom stereocenters. The molecule has 0 aliphatic heterocycles. The second kappa shape index (κ2) is 6.47. The molecule has 1 amide bonds. The molecule has 0 fully saturated rings. The zero-order valence-electron chi connectivity index (χ0n) is 9.61. The summed E-state index contributed by atoms with van der Waals surface area (Å²) in [4.78, 5) is 11.6. The van der Waals surface area contributed by atoms with E-state index in [1.54, 1.807) is 13.0 Å². The predicted molar refractivity (Wildman–Crippen MR) is 66.4 cm³/mol. The highest BCUT2D eigenvalue weighted by Crippen LogP contribution is 2.21. The van der Waals surface area contributed by atoms with Crippen molar-refractivity contribution in [1.82, 2.24) is 5.32 Å². The van der Waals surface area contributed by atoms with Crippen LogP contribution in [0.5, 0.6) is 5.75 Å². The number of phenolic OH excluding ortho intramolecular Hbond substituents is 1. The fourth-order valence-corrected chi connectivity index (χ4v) is 1.56. The monoisotopic (exact) mass is 257 g/mol. The van der Waals surface area contributed by atoms with Gasteiger partial charge in [-0.3, -0.25) is 4.79 Å². The third-order valence-electron chi connectivity index (χ3n) is 2.29. The molecule has 0 aromatic heterocycles. The Morgan fingerprint density at radius 1 is 1.53 bits per heavy atom. The number of hydrogen-bond acceptors (Lipinski definition) is 3. The van der Waals surface area contributed by atoms with E-state index in [9.17, 15) is 9.90 Å². The molecule has 1 aromatic carbocycles. The van der Waals surface area contributed by atoms with E-state index >= 15 is 0 Å². The first-order chi connectivity index (χ1) is 8.00. The Kier molecular flexibility index (Phi) is 5.25. The lowest BCUT2D eigenvalue weighted by molar-refractivity contribution is 0.0947. The van der Waals surface area contributed by atoms with E-state index in [2.05, 4.69) is 5.32 Å². The first-order valence-corrected chi connectivity index (χ1v) is 5.83. The molecular formula is C12H16ClNO3. The zero-order chi connectivity index (χ0) is 12.8. The highest BCUT2D eigenvalue weighted by molar-refractivity contribution is 6.30. The lowest BCUT2D eigenvalue weighted by Crippen LogP contribution is -2.25. The second-order valence-electron chi connectivity index (χ2n) is 3.91. The highest BCUT2D eigenvalue weighted by atomic mass is 35.5. The van der Waals surface area contributed by atoms with Crippen LogP contribution in [0.1, 0.15) is 30.1 Å². The van der Waals surface area contributed by atoms with E-state index in [0.29, 0.717) is 24.4 Å². The molecule has 1 aromatic rings. The fourth-order valence-electron chi connectivity index (χ4n) is 1.39. The minimum Gasteiger partial charge on any atom is -0.507 e. The van der Waals surface area contributed by atoms with Gasteiger partial charge in [0, 0.05) is 11.6 Å². The van der Waals surface area contributed by atoms with E-state index in [0.717, 1.165) is 0 Å². The number of phenols is 1. The van der Waals surface area contributed by atoms with Gasteiger partial charge in [-0.2, -0.15) is 0 Å². The summed E-state index contributed by atoms with van der Waals surface area (Å²) in [6, 6.07) is 4.35. The van der Waals surface area contributed by atoms with Gasteiger partial charge in [-0.1, -0.05) is 11.6 Å². The number of hydrogen-bond donors (Lipinski definition) is 3. The van der Waals surface area contributed by atoms with Crippen molar-refractivity contribution in [2.24, 2.45) is 0 Å². The van der Waals surface area contributed by atoms with Crippen molar-refractivity contribution in [3.8, 4) is 5.75 Å². The molecule has 94 valence electrons. The first kappa shape index (κ1) is 13.8. The third kappa shape index (κ3) is 4.63. The molecule has 0 spiro atoms. The molecule has 4 nitrogen and oxygen atoms in total. The Labute approximate surface area is 105 Å². The molecule has 17 heavy (non-hydrogen) atoms. The van der Waals surface area contributed by atoms with Crippen molar-refractivity contribution < 1.29 is 15.0 Å². The molecule has 0 aliphatic carbocycles. The van der Waals surface area contributed by atoms with Gasteiger partial charge in [-0.25, -0.2) is 0 Å². The quantitative estimate of drug-likeness (QED) is 0.706. The Morgan fingerprint density at radius 3 is 2.82 bits per heavy atom. The standard InChI is InChI=1S/C12H16ClNO3/c1-8(15)3-2-6-14-12(17)10-5-4-9(13)7-11(10)16/h4-5,7-8,15-16H,2-3,6H2,1H3,(H,14,17). The summed E-state index contributed by atoms with van der Waals surface area (Å²) in [5, 5.41) is 21.6. The van der Waals surface area contributed by atoms with E-state index in [1.165, 1.54) is 12.1 Å². The number of carbonyl (C=O) groups excluding carboxylic acids is 1. The van der Waals surface area contributed by atoms with Crippen LogP contribution in [0, 0.1) is 0 Å². The summed E-state index contributed by atoms with van der Waals surface area (Å²) >= 11 is 5.66. The van der Waals surface area contributed by atoms with E-state index < -0.39 is 0 Å². The number of benzene rings is 1. The summed E-state index contributed by atoms with van der Waals surface area (Å²) in [7, 11) is 0. The van der Waals surface area contributed by atoms with Gasteiger partial charge >= 0.3 is 0 Å². The van der Waals surface area contributed by atoms with Crippen molar-refractivity contribution in [3.05, 3.63) is 28.8 Å². The second-order valence-corrected chi connectivity index (χ2v) is 4.35. The van der Waals surface area contributed by atoms with Crippen LogP contribution < -0.4 is 5.32 Å². The molecule has 0 saturated carbocycles. The normalized spacial score (nSPS) is 12.2. The Morgan fingerprint density at radius 2 is 2.24 bits per heavy atom. The molecule has 1 unspecified atom stereocenters. The SMILES string of the molecule is CC(O)CCCNC(=O)c1ccc(Cl)cc1O. The van der Waals surface area contributed by atoms with Crippen LogP contribution in [0.4, 0.5) is 0 Å². The Bertz CT molecular complexity index is 393. The lowest BCUT2D eigenvalue weighted by atomic mass is 10.2. The number of carbonyl (C=O) groups is 1. The largest absolute Gasteiger partial charge is 0.507 e. The van der Waals surface area contributed by atoms with Crippen LogP contribution in [0.3, 0.4) is 0 Å². The van der Waals surface area contributed by atoms with E-state index in [-0.39, 0.29) is 23.3 Å². The van der Waals surface area contributed by atoms with E-state index in [1.807, 2.05) is 0 Å². The van der Waals surface area contributed by atoms with Crippen molar-refractivity contribution in [1.29, 1.82) is 0 Å². The highest BCUT2D eigenvalue weighted by Gasteiger charge is 2.10. The average molecular weight is 258 g/mol. The average Bonchev–Trinajstić information content (AvgIpc) is 2.23. The van der Waals surface area contributed by atoms with Gasteiger partial charge in [0.1, 0.15) is 5.75 Å². The minimum atomic E-state index is -0.365. The van der Waals surface area contributed by atoms with Gasteiger partial charge < -0.3 is 15.5 Å². The summed E-state index contributed by atoms with van der Waals surface area (Å²) in [6.07, 6.45) is 0.959. The van der Waals surface area contributed by atoms with Gasteiger partial charge in [0.05, 0.1) is 11.7 Å². The number of nitrogens with one attached hydrogen (secondary N) is 1. The van der Waals surface area contributed by atoms with Crippen molar-refractivity contribution in [2.75, 3.05) is 6.54 Å². The summed E-state index contributed by atoms with van der Waals surface area (Å²) in [5.41, 5.74) is 0.200.